The molecule has 0 fully saturated rings. The maximum atomic E-state index is 12.2. The second-order valence-electron chi connectivity index (χ2n) is 5.08. The number of anilines is 1. The molecule has 0 bridgehead atoms. The Kier molecular flexibility index (Phi) is 4.99. The van der Waals surface area contributed by atoms with Gasteiger partial charge in [-0.1, -0.05) is 16.8 Å². The van der Waals surface area contributed by atoms with Crippen molar-refractivity contribution in [2.45, 2.75) is 19.4 Å². The van der Waals surface area contributed by atoms with Crippen molar-refractivity contribution in [3.63, 3.8) is 0 Å². The highest BCUT2D eigenvalue weighted by molar-refractivity contribution is 8.01. The van der Waals surface area contributed by atoms with Gasteiger partial charge in [0.2, 0.25) is 0 Å². The number of nitrogens with zero attached hydrogens (tertiary/aromatic N) is 2. The predicted octanol–water partition coefficient (Wildman–Crippen LogP) is 6.32. The molecule has 3 rings (SSSR count). The summed E-state index contributed by atoms with van der Waals surface area (Å²) in [5.41, 5.74) is -1.25. The third kappa shape index (κ3) is 4.10. The molecule has 0 aliphatic carbocycles. The number of aryl methyl sites for hydroxylation is 2. The summed E-state index contributed by atoms with van der Waals surface area (Å²) in [6.45, 7) is 3.64. The van der Waals surface area contributed by atoms with E-state index in [1.54, 1.807) is 6.07 Å². The van der Waals surface area contributed by atoms with Crippen LogP contribution in [0.5, 0.6) is 0 Å². The third-order valence-corrected chi connectivity index (χ3v) is 5.02. The summed E-state index contributed by atoms with van der Waals surface area (Å²) < 4.78 is 44.1. The molecule has 0 aliphatic rings. The number of hydrogen-bond acceptors (Lipinski definition) is 6. The number of hydrogen-bond donors (Lipinski definition) is 1. The predicted molar refractivity (Wildman–Crippen MR) is 94.8 cm³/mol. The zero-order chi connectivity index (χ0) is 18.2. The molecule has 132 valence electrons. The van der Waals surface area contributed by atoms with Crippen LogP contribution in [0.25, 0.3) is 21.8 Å². The lowest BCUT2D eigenvalue weighted by Gasteiger charge is -2.09. The van der Waals surface area contributed by atoms with E-state index in [2.05, 4.69) is 14.9 Å². The smallest absolute Gasteiger partial charge is 0.361 e. The summed E-state index contributed by atoms with van der Waals surface area (Å²) in [6, 6.07) is 4.59. The lowest BCUT2D eigenvalue weighted by Crippen LogP contribution is -2.04. The molecule has 0 amide bonds. The molecule has 0 unspecified atom stereocenters. The first kappa shape index (κ1) is 18.1. The van der Waals surface area contributed by atoms with E-state index in [9.17, 15) is 13.2 Å². The van der Waals surface area contributed by atoms with Crippen molar-refractivity contribution in [1.82, 2.24) is 10.1 Å². The van der Waals surface area contributed by atoms with E-state index >= 15 is 0 Å². The minimum Gasteiger partial charge on any atom is -0.361 e. The van der Waals surface area contributed by atoms with Crippen molar-refractivity contribution in [2.75, 3.05) is 4.72 Å². The van der Waals surface area contributed by atoms with Crippen LogP contribution in [-0.4, -0.2) is 15.6 Å². The summed E-state index contributed by atoms with van der Waals surface area (Å²) in [6.07, 6.45) is 0. The number of thiazole rings is 1. The van der Waals surface area contributed by atoms with Crippen LogP contribution in [0, 0.1) is 13.8 Å². The first-order valence-corrected chi connectivity index (χ1v) is 9.01. The molecule has 1 N–H and O–H groups in total. The molecule has 0 spiro atoms. The van der Waals surface area contributed by atoms with Crippen LogP contribution < -0.4 is 4.72 Å². The van der Waals surface area contributed by atoms with Crippen LogP contribution in [0.4, 0.5) is 18.9 Å². The molecule has 0 saturated heterocycles. The largest absolute Gasteiger partial charge is 0.461 e. The third-order valence-electron chi connectivity index (χ3n) is 3.28. The van der Waals surface area contributed by atoms with Crippen molar-refractivity contribution < 1.29 is 17.7 Å². The summed E-state index contributed by atoms with van der Waals surface area (Å²) in [5.74, 6) is 0.674. The van der Waals surface area contributed by atoms with Gasteiger partial charge in [0.15, 0.2) is 0 Å². The average molecular weight is 406 g/mol. The van der Waals surface area contributed by atoms with Crippen molar-refractivity contribution in [3.05, 3.63) is 40.1 Å². The Morgan fingerprint density at radius 1 is 1.28 bits per heavy atom. The van der Waals surface area contributed by atoms with Gasteiger partial charge >= 0.3 is 5.51 Å². The molecular formula is C15H11ClF3N3OS2. The van der Waals surface area contributed by atoms with Crippen molar-refractivity contribution in [1.29, 1.82) is 0 Å². The Bertz CT molecular complexity index is 888. The normalized spacial score (nSPS) is 11.8. The van der Waals surface area contributed by atoms with Gasteiger partial charge in [-0.15, -0.1) is 11.3 Å². The van der Waals surface area contributed by atoms with E-state index in [-0.39, 0.29) is 17.6 Å². The quantitative estimate of drug-likeness (QED) is 0.515. The number of nitrogens with one attached hydrogen (secondary N) is 1. The molecule has 2 aromatic heterocycles. The van der Waals surface area contributed by atoms with Crippen molar-refractivity contribution in [2.24, 2.45) is 0 Å². The van der Waals surface area contributed by atoms with Gasteiger partial charge in [0.05, 0.1) is 33.9 Å². The van der Waals surface area contributed by atoms with Gasteiger partial charge in [-0.2, -0.15) is 13.2 Å². The van der Waals surface area contributed by atoms with Crippen molar-refractivity contribution >= 4 is 40.6 Å². The number of halogens is 4. The molecule has 0 aliphatic heterocycles. The Morgan fingerprint density at radius 2 is 2.04 bits per heavy atom. The lowest BCUT2D eigenvalue weighted by atomic mass is 10.1. The van der Waals surface area contributed by atoms with Crippen molar-refractivity contribution in [3.8, 4) is 21.8 Å². The molecule has 4 nitrogen and oxygen atoms in total. The molecule has 1 aromatic carbocycles. The summed E-state index contributed by atoms with van der Waals surface area (Å²) in [7, 11) is 0. The van der Waals surface area contributed by atoms with Crippen LogP contribution in [0.2, 0.25) is 5.02 Å². The fourth-order valence-corrected chi connectivity index (χ4v) is 3.80. The van der Waals surface area contributed by atoms with Crippen LogP contribution >= 0.6 is 34.9 Å². The van der Waals surface area contributed by atoms with Gasteiger partial charge < -0.3 is 9.25 Å². The van der Waals surface area contributed by atoms with Gasteiger partial charge in [-0.3, -0.25) is 0 Å². The first-order valence-electron chi connectivity index (χ1n) is 6.94. The minimum atomic E-state index is -4.37. The molecular weight excluding hydrogens is 395 g/mol. The van der Waals surface area contributed by atoms with Crippen LogP contribution in [0.15, 0.2) is 28.1 Å². The van der Waals surface area contributed by atoms with E-state index in [1.165, 1.54) is 23.5 Å². The topological polar surface area (TPSA) is 51.0 Å². The highest BCUT2D eigenvalue weighted by Gasteiger charge is 2.29. The maximum Gasteiger partial charge on any atom is 0.461 e. The molecule has 3 aromatic rings. The number of benzene rings is 1. The van der Waals surface area contributed by atoms with Gasteiger partial charge in [-0.05, 0) is 32.0 Å². The SMILES string of the molecule is Cc1noc(C)c1-c1nc(-c2ccc(NSC(F)(F)F)cc2Cl)cs1. The Morgan fingerprint density at radius 3 is 2.64 bits per heavy atom. The second-order valence-corrected chi connectivity index (χ2v) is 7.22. The van der Waals surface area contributed by atoms with Crippen LogP contribution in [0.3, 0.4) is 0 Å². The monoisotopic (exact) mass is 405 g/mol. The summed E-state index contributed by atoms with van der Waals surface area (Å²) >= 11 is 7.30. The van der Waals surface area contributed by atoms with Crippen LogP contribution in [0.1, 0.15) is 11.5 Å². The zero-order valence-corrected chi connectivity index (χ0v) is 15.3. The Hall–Kier alpha value is -1.71. The number of aromatic nitrogens is 2. The highest BCUT2D eigenvalue weighted by Crippen LogP contribution is 2.37. The lowest BCUT2D eigenvalue weighted by molar-refractivity contribution is -0.0323. The Labute approximate surface area is 154 Å². The van der Waals surface area contributed by atoms with Crippen LogP contribution in [-0.2, 0) is 0 Å². The Balaban J connectivity index is 1.86. The second kappa shape index (κ2) is 6.89. The number of alkyl halides is 3. The fourth-order valence-electron chi connectivity index (χ4n) is 2.20. The average Bonchev–Trinajstić information content (AvgIpc) is 3.11. The summed E-state index contributed by atoms with van der Waals surface area (Å²) in [4.78, 5) is 4.55. The van der Waals surface area contributed by atoms with Gasteiger partial charge in [-0.25, -0.2) is 4.98 Å². The summed E-state index contributed by atoms with van der Waals surface area (Å²) in [5, 5.41) is 6.80. The molecule has 0 radical (unpaired) electrons. The molecule has 0 atom stereocenters. The van der Waals surface area contributed by atoms with E-state index in [1.807, 2.05) is 19.2 Å². The first-order chi connectivity index (χ1) is 11.7. The minimum absolute atomic E-state index is 0.261. The fraction of sp³-hybridized carbons (Fsp3) is 0.200. The molecule has 10 heteroatoms. The zero-order valence-electron chi connectivity index (χ0n) is 12.9. The van der Waals surface area contributed by atoms with Gasteiger partial charge in [0.25, 0.3) is 0 Å². The molecule has 2 heterocycles. The van der Waals surface area contributed by atoms with E-state index in [0.717, 1.165) is 16.3 Å². The van der Waals surface area contributed by atoms with E-state index < -0.39 is 5.51 Å². The van der Waals surface area contributed by atoms with Gasteiger partial charge in [0, 0.05) is 16.6 Å². The van der Waals surface area contributed by atoms with Gasteiger partial charge in [0.1, 0.15) is 10.8 Å². The molecule has 0 saturated carbocycles. The van der Waals surface area contributed by atoms with E-state index in [0.29, 0.717) is 22.0 Å². The maximum absolute atomic E-state index is 12.2. The van der Waals surface area contributed by atoms with E-state index in [4.69, 9.17) is 16.1 Å². The number of rotatable bonds is 4. The standard InChI is InChI=1S/C15H11ClF3N3OS2/c1-7-13(8(2)23-21-7)14-20-12(6-24-14)10-4-3-9(5-11(10)16)22-25-15(17,18)19/h3-6,22H,1-2H3. The highest BCUT2D eigenvalue weighted by atomic mass is 35.5. The molecule has 25 heavy (non-hydrogen) atoms.